The number of anilines is 2. The normalized spacial score (nSPS) is 13.1. The molecule has 0 atom stereocenters. The van der Waals surface area contributed by atoms with Gasteiger partial charge >= 0.3 is 5.97 Å². The van der Waals surface area contributed by atoms with Crippen molar-refractivity contribution < 1.29 is 18.7 Å². The molecule has 0 aromatic heterocycles. The van der Waals surface area contributed by atoms with Crippen LogP contribution in [0.15, 0.2) is 103 Å². The van der Waals surface area contributed by atoms with Crippen molar-refractivity contribution >= 4 is 23.3 Å². The second-order valence-electron chi connectivity index (χ2n) is 10.3. The molecule has 5 rings (SSSR count). The van der Waals surface area contributed by atoms with Gasteiger partial charge in [-0.15, -0.1) is 0 Å². The van der Waals surface area contributed by atoms with E-state index in [4.69, 9.17) is 4.74 Å². The van der Waals surface area contributed by atoms with Crippen LogP contribution in [0.3, 0.4) is 0 Å². The van der Waals surface area contributed by atoms with E-state index < -0.39 is 0 Å². The van der Waals surface area contributed by atoms with E-state index in [1.165, 1.54) is 12.1 Å². The smallest absolute Gasteiger partial charge is 0.338 e. The molecule has 0 aliphatic carbocycles. The maximum atomic E-state index is 13.6. The highest BCUT2D eigenvalue weighted by Gasteiger charge is 2.22. The molecule has 4 aromatic carbocycles. The Hall–Kier alpha value is -4.65. The monoisotopic (exact) mass is 565 g/mol. The molecule has 0 bridgehead atoms. The van der Waals surface area contributed by atoms with Crippen LogP contribution >= 0.6 is 0 Å². The van der Waals surface area contributed by atoms with E-state index in [9.17, 15) is 14.0 Å². The Bertz CT molecular complexity index is 1470. The number of nitrogens with zero attached hydrogens (tertiary/aromatic N) is 3. The molecule has 1 heterocycles. The van der Waals surface area contributed by atoms with E-state index in [-0.39, 0.29) is 17.7 Å². The molecule has 7 heteroatoms. The largest absolute Gasteiger partial charge is 0.462 e. The number of carbonyl (C=O) groups excluding carboxylic acids is 2. The number of benzene rings is 4. The number of amides is 1. The summed E-state index contributed by atoms with van der Waals surface area (Å²) in [6, 6.07) is 32.5. The molecule has 0 saturated carbocycles. The molecule has 1 fully saturated rings. The zero-order chi connectivity index (χ0) is 29.3. The van der Waals surface area contributed by atoms with Crippen molar-refractivity contribution in [2.45, 2.75) is 19.9 Å². The van der Waals surface area contributed by atoms with Gasteiger partial charge in [-0.05, 0) is 72.1 Å². The highest BCUT2D eigenvalue weighted by molar-refractivity contribution is 5.89. The molecule has 0 unspecified atom stereocenters. The number of ether oxygens (including phenoxy) is 1. The second-order valence-corrected chi connectivity index (χ2v) is 10.3. The van der Waals surface area contributed by atoms with Crippen molar-refractivity contribution in [2.75, 3.05) is 49.1 Å². The molecule has 1 amide bonds. The lowest BCUT2D eigenvalue weighted by atomic mass is 10.0. The molecule has 0 radical (unpaired) electrons. The first-order chi connectivity index (χ1) is 20.5. The Morgan fingerprint density at radius 1 is 0.810 bits per heavy atom. The third-order valence-electron chi connectivity index (χ3n) is 7.58. The van der Waals surface area contributed by atoms with Crippen molar-refractivity contribution in [3.63, 3.8) is 0 Å². The first-order valence-electron chi connectivity index (χ1n) is 14.4. The third kappa shape index (κ3) is 7.35. The first-order valence-corrected chi connectivity index (χ1v) is 14.4. The summed E-state index contributed by atoms with van der Waals surface area (Å²) in [5.74, 6) is -0.462. The number of hydrogen-bond acceptors (Lipinski definition) is 5. The molecule has 42 heavy (non-hydrogen) atoms. The lowest BCUT2D eigenvalue weighted by molar-refractivity contribution is -0.131. The molecule has 6 nitrogen and oxygen atoms in total. The van der Waals surface area contributed by atoms with Gasteiger partial charge in [-0.2, -0.15) is 0 Å². The molecule has 1 aliphatic rings. The average molecular weight is 566 g/mol. The fourth-order valence-corrected chi connectivity index (χ4v) is 5.25. The summed E-state index contributed by atoms with van der Waals surface area (Å²) >= 11 is 0. The average Bonchev–Trinajstić information content (AvgIpc) is 3.04. The molecule has 0 spiro atoms. The van der Waals surface area contributed by atoms with Gasteiger partial charge in [0.05, 0.1) is 12.2 Å². The van der Waals surface area contributed by atoms with E-state index in [0.717, 1.165) is 41.2 Å². The summed E-state index contributed by atoms with van der Waals surface area (Å²) in [6.45, 7) is 5.98. The predicted molar refractivity (Wildman–Crippen MR) is 165 cm³/mol. The summed E-state index contributed by atoms with van der Waals surface area (Å²) in [5, 5.41) is 0. The Balaban J connectivity index is 1.22. The zero-order valence-corrected chi connectivity index (χ0v) is 23.9. The maximum absolute atomic E-state index is 13.6. The fourth-order valence-electron chi connectivity index (χ4n) is 5.25. The van der Waals surface area contributed by atoms with Gasteiger partial charge in [0.1, 0.15) is 5.82 Å². The highest BCUT2D eigenvalue weighted by Crippen LogP contribution is 2.26. The fraction of sp³-hybridized carbons (Fsp3) is 0.257. The summed E-state index contributed by atoms with van der Waals surface area (Å²) in [4.78, 5) is 31.6. The van der Waals surface area contributed by atoms with Crippen molar-refractivity contribution in [2.24, 2.45) is 0 Å². The lowest BCUT2D eigenvalue weighted by Gasteiger charge is -2.36. The SMILES string of the molecule is CCOC(=O)c1ccc(N2CCN(C(=O)CCN(Cc3ccc(F)cc3)c3cccc(-c4ccccc4)c3)CC2)cc1. The van der Waals surface area contributed by atoms with Crippen LogP contribution in [0.1, 0.15) is 29.3 Å². The Labute approximate surface area is 246 Å². The van der Waals surface area contributed by atoms with Gasteiger partial charge in [-0.1, -0.05) is 54.6 Å². The summed E-state index contributed by atoms with van der Waals surface area (Å²) in [7, 11) is 0. The highest BCUT2D eigenvalue weighted by atomic mass is 19.1. The van der Waals surface area contributed by atoms with Gasteiger partial charge in [0.2, 0.25) is 5.91 Å². The minimum Gasteiger partial charge on any atom is -0.462 e. The quantitative estimate of drug-likeness (QED) is 0.208. The van der Waals surface area contributed by atoms with Crippen LogP contribution in [-0.2, 0) is 16.1 Å². The predicted octanol–water partition coefficient (Wildman–Crippen LogP) is 6.41. The van der Waals surface area contributed by atoms with Gasteiger partial charge < -0.3 is 19.4 Å². The summed E-state index contributed by atoms with van der Waals surface area (Å²) in [5.41, 5.74) is 5.80. The Kier molecular flexibility index (Phi) is 9.49. The molecule has 1 saturated heterocycles. The van der Waals surface area contributed by atoms with Crippen LogP contribution in [0.25, 0.3) is 11.1 Å². The van der Waals surface area contributed by atoms with E-state index in [0.29, 0.717) is 44.8 Å². The number of halogens is 1. The van der Waals surface area contributed by atoms with Crippen LogP contribution in [0.2, 0.25) is 0 Å². The maximum Gasteiger partial charge on any atom is 0.338 e. The Morgan fingerprint density at radius 3 is 2.19 bits per heavy atom. The van der Waals surface area contributed by atoms with E-state index in [2.05, 4.69) is 40.1 Å². The van der Waals surface area contributed by atoms with E-state index in [1.54, 1.807) is 31.2 Å². The van der Waals surface area contributed by atoms with Crippen LogP contribution in [0.5, 0.6) is 0 Å². The molecule has 4 aromatic rings. The van der Waals surface area contributed by atoms with E-state index >= 15 is 0 Å². The Morgan fingerprint density at radius 2 is 1.50 bits per heavy atom. The summed E-state index contributed by atoms with van der Waals surface area (Å²) < 4.78 is 18.6. The summed E-state index contributed by atoms with van der Waals surface area (Å²) in [6.07, 6.45) is 0.380. The van der Waals surface area contributed by atoms with Crippen molar-refractivity contribution in [3.8, 4) is 11.1 Å². The number of esters is 1. The topological polar surface area (TPSA) is 53.1 Å². The number of hydrogen-bond donors (Lipinski definition) is 0. The second kappa shape index (κ2) is 13.8. The minimum absolute atomic E-state index is 0.121. The number of rotatable bonds is 10. The molecule has 1 aliphatic heterocycles. The molecule has 0 N–H and O–H groups in total. The minimum atomic E-state index is -0.320. The molecular weight excluding hydrogens is 529 g/mol. The van der Waals surface area contributed by atoms with Gasteiger partial charge in [0, 0.05) is 57.1 Å². The van der Waals surface area contributed by atoms with Crippen molar-refractivity contribution in [1.82, 2.24) is 4.90 Å². The molecule has 216 valence electrons. The van der Waals surface area contributed by atoms with Crippen LogP contribution in [0, 0.1) is 5.82 Å². The molecular formula is C35H36FN3O3. The first kappa shape index (κ1) is 28.9. The van der Waals surface area contributed by atoms with Crippen LogP contribution in [-0.4, -0.2) is 56.1 Å². The third-order valence-corrected chi connectivity index (χ3v) is 7.58. The van der Waals surface area contributed by atoms with Crippen LogP contribution in [0.4, 0.5) is 15.8 Å². The van der Waals surface area contributed by atoms with Gasteiger partial charge in [0.25, 0.3) is 0 Å². The standard InChI is InChI=1S/C35H36FN3O3/c1-2-42-35(41)29-13-17-32(18-14-29)37-21-23-38(24-22-37)34(40)19-20-39(26-27-11-15-31(36)16-12-27)33-10-6-9-30(25-33)28-7-4-3-5-8-28/h3-18,25H,2,19-24,26H2,1H3. The lowest BCUT2D eigenvalue weighted by Crippen LogP contribution is -2.49. The number of carbonyl (C=O) groups is 2. The van der Waals surface area contributed by atoms with Crippen molar-refractivity contribution in [1.29, 1.82) is 0 Å². The van der Waals surface area contributed by atoms with Crippen molar-refractivity contribution in [3.05, 3.63) is 120 Å². The van der Waals surface area contributed by atoms with Gasteiger partial charge in [-0.25, -0.2) is 9.18 Å². The zero-order valence-electron chi connectivity index (χ0n) is 23.9. The van der Waals surface area contributed by atoms with Gasteiger partial charge in [0.15, 0.2) is 0 Å². The van der Waals surface area contributed by atoms with Gasteiger partial charge in [-0.3, -0.25) is 4.79 Å². The van der Waals surface area contributed by atoms with Crippen LogP contribution < -0.4 is 9.80 Å². The van der Waals surface area contributed by atoms with E-state index in [1.807, 2.05) is 41.3 Å². The number of piperazine rings is 1.